The molecule has 0 bridgehead atoms. The molecule has 128 valence electrons. The van der Waals surface area contributed by atoms with Crippen molar-refractivity contribution in [2.45, 2.75) is 18.8 Å². The Labute approximate surface area is 142 Å². The number of rotatable bonds is 5. The third-order valence-corrected chi connectivity index (χ3v) is 4.20. The van der Waals surface area contributed by atoms with E-state index < -0.39 is 17.3 Å². The monoisotopic (exact) mass is 339 g/mol. The minimum atomic E-state index is -1.34. The van der Waals surface area contributed by atoms with Crippen LogP contribution in [-0.4, -0.2) is 27.0 Å². The van der Waals surface area contributed by atoms with Gasteiger partial charge in [0.1, 0.15) is 0 Å². The van der Waals surface area contributed by atoms with Crippen LogP contribution in [0.4, 0.5) is 5.69 Å². The molecule has 0 aliphatic rings. The van der Waals surface area contributed by atoms with Gasteiger partial charge in [-0.2, -0.15) is 0 Å². The minimum Gasteiger partial charge on any atom is -0.481 e. The summed E-state index contributed by atoms with van der Waals surface area (Å²) in [4.78, 5) is 40.7. The fourth-order valence-electron chi connectivity index (χ4n) is 2.74. The van der Waals surface area contributed by atoms with E-state index in [1.807, 2.05) is 0 Å². The first-order valence-electron chi connectivity index (χ1n) is 7.69. The van der Waals surface area contributed by atoms with Gasteiger partial charge in [0.05, 0.1) is 16.4 Å². The lowest BCUT2D eigenvalue weighted by atomic mass is 9.79. The molecular weight excluding hydrogens is 322 g/mol. The molecule has 0 spiro atoms. The second-order valence-corrected chi connectivity index (χ2v) is 6.07. The number of carboxylic acids is 1. The van der Waals surface area contributed by atoms with Gasteiger partial charge >= 0.3 is 11.7 Å². The highest BCUT2D eigenvalue weighted by atomic mass is 16.4. The number of hydrogen-bond acceptors (Lipinski definition) is 3. The van der Waals surface area contributed by atoms with Crippen LogP contribution in [0.1, 0.15) is 18.9 Å². The summed E-state index contributed by atoms with van der Waals surface area (Å²) < 4.78 is 0. The predicted octanol–water partition coefficient (Wildman–Crippen LogP) is 2.23. The van der Waals surface area contributed by atoms with E-state index in [-0.39, 0.29) is 12.1 Å². The van der Waals surface area contributed by atoms with Gasteiger partial charge in [-0.25, -0.2) is 4.79 Å². The highest BCUT2D eigenvalue weighted by Crippen LogP contribution is 2.28. The molecule has 0 saturated heterocycles. The summed E-state index contributed by atoms with van der Waals surface area (Å²) >= 11 is 0. The molecule has 7 heteroatoms. The number of carbonyl (C=O) groups excluding carboxylic acids is 1. The maximum atomic E-state index is 12.4. The second-order valence-electron chi connectivity index (χ2n) is 6.07. The summed E-state index contributed by atoms with van der Waals surface area (Å²) in [5, 5.41) is 12.3. The quantitative estimate of drug-likeness (QED) is 0.570. The minimum absolute atomic E-state index is 0.214. The van der Waals surface area contributed by atoms with Crippen LogP contribution in [0, 0.1) is 0 Å². The molecule has 0 aliphatic heterocycles. The molecule has 1 aromatic heterocycles. The first-order valence-corrected chi connectivity index (χ1v) is 7.69. The number of anilines is 1. The predicted molar refractivity (Wildman–Crippen MR) is 93.6 cm³/mol. The van der Waals surface area contributed by atoms with Crippen molar-refractivity contribution in [3.05, 3.63) is 64.6 Å². The number of benzene rings is 2. The molecular formula is C18H17N3O4. The van der Waals surface area contributed by atoms with Crippen LogP contribution in [0.2, 0.25) is 0 Å². The molecule has 4 N–H and O–H groups in total. The Morgan fingerprint density at radius 1 is 1.08 bits per heavy atom. The number of amides is 1. The van der Waals surface area contributed by atoms with Crippen LogP contribution in [0.5, 0.6) is 0 Å². The molecule has 3 rings (SSSR count). The molecule has 3 aromatic rings. The van der Waals surface area contributed by atoms with Crippen molar-refractivity contribution in [3.8, 4) is 0 Å². The number of H-pyrrole nitrogens is 2. The molecule has 25 heavy (non-hydrogen) atoms. The zero-order valence-electron chi connectivity index (χ0n) is 13.5. The second kappa shape index (κ2) is 6.27. The van der Waals surface area contributed by atoms with Gasteiger partial charge in [0.2, 0.25) is 5.91 Å². The summed E-state index contributed by atoms with van der Waals surface area (Å²) in [5.74, 6) is -1.50. The number of hydrogen-bond donors (Lipinski definition) is 4. The van der Waals surface area contributed by atoms with Crippen molar-refractivity contribution in [3.63, 3.8) is 0 Å². The fourth-order valence-corrected chi connectivity index (χ4v) is 2.74. The Morgan fingerprint density at radius 3 is 2.44 bits per heavy atom. The van der Waals surface area contributed by atoms with Gasteiger partial charge in [-0.1, -0.05) is 30.3 Å². The van der Waals surface area contributed by atoms with Crippen LogP contribution in [-0.2, 0) is 15.0 Å². The van der Waals surface area contributed by atoms with E-state index in [2.05, 4.69) is 15.3 Å². The van der Waals surface area contributed by atoms with E-state index in [1.54, 1.807) is 48.5 Å². The van der Waals surface area contributed by atoms with Gasteiger partial charge in [-0.05, 0) is 30.7 Å². The van der Waals surface area contributed by atoms with E-state index in [4.69, 9.17) is 0 Å². The van der Waals surface area contributed by atoms with Crippen LogP contribution in [0.15, 0.2) is 53.3 Å². The molecule has 2 aromatic carbocycles. The summed E-state index contributed by atoms with van der Waals surface area (Å²) in [6, 6.07) is 13.6. The zero-order chi connectivity index (χ0) is 18.0. The summed E-state index contributed by atoms with van der Waals surface area (Å²) in [6.45, 7) is 1.52. The van der Waals surface area contributed by atoms with Gasteiger partial charge in [0, 0.05) is 12.1 Å². The van der Waals surface area contributed by atoms with Crippen molar-refractivity contribution in [2.75, 3.05) is 5.32 Å². The van der Waals surface area contributed by atoms with Crippen molar-refractivity contribution in [1.29, 1.82) is 0 Å². The summed E-state index contributed by atoms with van der Waals surface area (Å²) in [5.41, 5.74) is 0.560. The smallest absolute Gasteiger partial charge is 0.323 e. The third-order valence-electron chi connectivity index (χ3n) is 4.20. The number of aromatic amines is 2. The molecule has 0 aliphatic carbocycles. The van der Waals surface area contributed by atoms with E-state index in [0.29, 0.717) is 22.3 Å². The highest BCUT2D eigenvalue weighted by Gasteiger charge is 2.37. The molecule has 0 unspecified atom stereocenters. The van der Waals surface area contributed by atoms with E-state index in [9.17, 15) is 19.5 Å². The summed E-state index contributed by atoms with van der Waals surface area (Å²) in [6.07, 6.45) is -0.214. The molecule has 1 heterocycles. The van der Waals surface area contributed by atoms with E-state index >= 15 is 0 Å². The number of carboxylic acid groups (broad SMARTS) is 1. The lowest BCUT2D eigenvalue weighted by molar-refractivity contribution is -0.145. The third kappa shape index (κ3) is 3.30. The van der Waals surface area contributed by atoms with Crippen LogP contribution in [0.25, 0.3) is 11.0 Å². The van der Waals surface area contributed by atoms with Gasteiger partial charge < -0.3 is 20.4 Å². The number of nitrogens with one attached hydrogen (secondary N) is 3. The molecule has 7 nitrogen and oxygen atoms in total. The Kier molecular flexibility index (Phi) is 4.14. The Balaban J connectivity index is 1.81. The van der Waals surface area contributed by atoms with Gasteiger partial charge in [-0.3, -0.25) is 9.59 Å². The van der Waals surface area contributed by atoms with Crippen LogP contribution < -0.4 is 11.0 Å². The largest absolute Gasteiger partial charge is 0.481 e. The average molecular weight is 339 g/mol. The summed E-state index contributed by atoms with van der Waals surface area (Å²) in [7, 11) is 0. The van der Waals surface area contributed by atoms with E-state index in [1.165, 1.54) is 6.92 Å². The zero-order valence-corrected chi connectivity index (χ0v) is 13.5. The molecule has 1 amide bonds. The Hall–Kier alpha value is -3.35. The van der Waals surface area contributed by atoms with E-state index in [0.717, 1.165) is 0 Å². The number of aromatic nitrogens is 2. The van der Waals surface area contributed by atoms with Gasteiger partial charge in [0.25, 0.3) is 0 Å². The first kappa shape index (κ1) is 16.5. The molecule has 0 saturated carbocycles. The van der Waals surface area contributed by atoms with Gasteiger partial charge in [0.15, 0.2) is 0 Å². The fraction of sp³-hybridized carbons (Fsp3) is 0.167. The van der Waals surface area contributed by atoms with Crippen molar-refractivity contribution >= 4 is 28.6 Å². The Morgan fingerprint density at radius 2 is 1.76 bits per heavy atom. The van der Waals surface area contributed by atoms with Gasteiger partial charge in [-0.15, -0.1) is 0 Å². The lowest BCUT2D eigenvalue weighted by Gasteiger charge is -2.24. The Bertz CT molecular complexity index is 990. The van der Waals surface area contributed by atoms with Crippen LogP contribution >= 0.6 is 0 Å². The highest BCUT2D eigenvalue weighted by molar-refractivity contribution is 5.97. The van der Waals surface area contributed by atoms with Crippen LogP contribution in [0.3, 0.4) is 0 Å². The maximum Gasteiger partial charge on any atom is 0.323 e. The number of imidazole rings is 1. The van der Waals surface area contributed by atoms with Crippen molar-refractivity contribution in [2.24, 2.45) is 0 Å². The number of carbonyl (C=O) groups is 2. The number of fused-ring (bicyclic) bond motifs is 1. The maximum absolute atomic E-state index is 12.4. The SMILES string of the molecule is C[C@@](CC(=O)Nc1ccc2[nH]c(=O)[nH]c2c1)(C(=O)O)c1ccccc1. The standard InChI is InChI=1S/C18H17N3O4/c1-18(16(23)24,11-5-3-2-4-6-11)10-15(22)19-12-7-8-13-14(9-12)21-17(25)20-13/h2-9H,10H2,1H3,(H,19,22)(H,23,24)(H2,20,21,25)/t18-/m0/s1. The molecule has 1 atom stereocenters. The topological polar surface area (TPSA) is 115 Å². The average Bonchev–Trinajstić information content (AvgIpc) is 2.94. The molecule has 0 radical (unpaired) electrons. The normalized spacial score (nSPS) is 13.3. The molecule has 0 fully saturated rings. The van der Waals surface area contributed by atoms with Crippen molar-refractivity contribution in [1.82, 2.24) is 9.97 Å². The number of aliphatic carboxylic acids is 1. The van der Waals surface area contributed by atoms with Crippen molar-refractivity contribution < 1.29 is 14.7 Å². The first-order chi connectivity index (χ1) is 11.9. The lowest BCUT2D eigenvalue weighted by Crippen LogP contribution is -2.36.